The highest BCUT2D eigenvalue weighted by Crippen LogP contribution is 2.35. The van der Waals surface area contributed by atoms with Crippen molar-refractivity contribution in [1.29, 1.82) is 0 Å². The van der Waals surface area contributed by atoms with Crippen molar-refractivity contribution < 1.29 is 0 Å². The van der Waals surface area contributed by atoms with E-state index in [1.165, 1.54) is 36.9 Å². The number of likely N-dealkylation sites (N-methyl/N-ethyl adjacent to an activating group) is 1. The summed E-state index contributed by atoms with van der Waals surface area (Å²) in [5.41, 5.74) is 8.76. The molecule has 1 saturated carbocycles. The van der Waals surface area contributed by atoms with Gasteiger partial charge in [0.05, 0.1) is 11.7 Å². The molecule has 0 saturated heterocycles. The minimum Gasteiger partial charge on any atom is -0.329 e. The predicted molar refractivity (Wildman–Crippen MR) is 88.3 cm³/mol. The summed E-state index contributed by atoms with van der Waals surface area (Å²) in [6.07, 6.45) is 7.52. The number of nitrogens with two attached hydrogens (primary N) is 1. The normalized spacial score (nSPS) is 18.6. The van der Waals surface area contributed by atoms with Crippen molar-refractivity contribution in [2.75, 3.05) is 13.1 Å². The highest BCUT2D eigenvalue weighted by Gasteiger charge is 2.32. The Bertz CT molecular complexity index is 452. The van der Waals surface area contributed by atoms with Crippen LogP contribution < -0.4 is 5.73 Å². The SMILES string of the molecule is CCN(C1CCCC1)C(CN)c1cn(C)nc1C(C)(C)C. The van der Waals surface area contributed by atoms with Crippen molar-refractivity contribution in [3.8, 4) is 0 Å². The van der Waals surface area contributed by atoms with E-state index in [-0.39, 0.29) is 5.41 Å². The van der Waals surface area contributed by atoms with Crippen molar-refractivity contribution in [2.24, 2.45) is 12.8 Å². The van der Waals surface area contributed by atoms with Crippen LogP contribution in [0.15, 0.2) is 6.20 Å². The number of hydrogen-bond acceptors (Lipinski definition) is 3. The lowest BCUT2D eigenvalue weighted by Crippen LogP contribution is -2.40. The van der Waals surface area contributed by atoms with E-state index in [1.807, 2.05) is 11.7 Å². The highest BCUT2D eigenvalue weighted by molar-refractivity contribution is 5.28. The second kappa shape index (κ2) is 6.49. The first-order chi connectivity index (χ1) is 9.88. The van der Waals surface area contributed by atoms with E-state index in [1.54, 1.807) is 0 Å². The van der Waals surface area contributed by atoms with Gasteiger partial charge in [0.15, 0.2) is 0 Å². The quantitative estimate of drug-likeness (QED) is 0.907. The van der Waals surface area contributed by atoms with Gasteiger partial charge in [-0.3, -0.25) is 9.58 Å². The molecule has 1 aliphatic rings. The van der Waals surface area contributed by atoms with Gasteiger partial charge in [-0.05, 0) is 19.4 Å². The molecule has 1 heterocycles. The summed E-state index contributed by atoms with van der Waals surface area (Å²) in [5.74, 6) is 0. The van der Waals surface area contributed by atoms with Crippen molar-refractivity contribution in [3.05, 3.63) is 17.5 Å². The number of nitrogens with zero attached hydrogens (tertiary/aromatic N) is 3. The molecule has 1 aromatic heterocycles. The Kier molecular flexibility index (Phi) is 5.10. The average Bonchev–Trinajstić information content (AvgIpc) is 3.04. The number of aromatic nitrogens is 2. The smallest absolute Gasteiger partial charge is 0.0726 e. The van der Waals surface area contributed by atoms with Crippen molar-refractivity contribution >= 4 is 0 Å². The van der Waals surface area contributed by atoms with Gasteiger partial charge in [-0.1, -0.05) is 40.5 Å². The fourth-order valence-corrected chi connectivity index (χ4v) is 3.74. The van der Waals surface area contributed by atoms with Gasteiger partial charge in [-0.15, -0.1) is 0 Å². The molecule has 4 nitrogen and oxygen atoms in total. The minimum absolute atomic E-state index is 0.0547. The zero-order valence-electron chi connectivity index (χ0n) is 14.4. The van der Waals surface area contributed by atoms with E-state index < -0.39 is 0 Å². The molecule has 21 heavy (non-hydrogen) atoms. The molecule has 1 fully saturated rings. The maximum Gasteiger partial charge on any atom is 0.0726 e. The summed E-state index contributed by atoms with van der Waals surface area (Å²) < 4.78 is 1.95. The first kappa shape index (κ1) is 16.5. The molecular formula is C17H32N4. The van der Waals surface area contributed by atoms with Crippen LogP contribution in [0, 0.1) is 0 Å². The Labute approximate surface area is 129 Å². The third-order valence-electron chi connectivity index (χ3n) is 4.71. The van der Waals surface area contributed by atoms with Gasteiger partial charge < -0.3 is 5.73 Å². The Morgan fingerprint density at radius 3 is 2.48 bits per heavy atom. The second-order valence-electron chi connectivity index (χ2n) is 7.38. The molecule has 0 amide bonds. The first-order valence-electron chi connectivity index (χ1n) is 8.38. The Hall–Kier alpha value is -0.870. The maximum absolute atomic E-state index is 6.19. The second-order valence-corrected chi connectivity index (χ2v) is 7.38. The average molecular weight is 292 g/mol. The molecule has 2 N–H and O–H groups in total. The van der Waals surface area contributed by atoms with Gasteiger partial charge >= 0.3 is 0 Å². The monoisotopic (exact) mass is 292 g/mol. The molecule has 0 bridgehead atoms. The fourth-order valence-electron chi connectivity index (χ4n) is 3.74. The van der Waals surface area contributed by atoms with Crippen molar-refractivity contribution in [2.45, 2.75) is 70.9 Å². The summed E-state index contributed by atoms with van der Waals surface area (Å²) in [7, 11) is 2.01. The summed E-state index contributed by atoms with van der Waals surface area (Å²) in [5, 5.41) is 4.73. The lowest BCUT2D eigenvalue weighted by atomic mass is 9.87. The number of rotatable bonds is 5. The van der Waals surface area contributed by atoms with E-state index in [0.29, 0.717) is 18.6 Å². The van der Waals surface area contributed by atoms with Gasteiger partial charge in [-0.25, -0.2) is 0 Å². The van der Waals surface area contributed by atoms with E-state index >= 15 is 0 Å². The Morgan fingerprint density at radius 1 is 1.38 bits per heavy atom. The fraction of sp³-hybridized carbons (Fsp3) is 0.824. The van der Waals surface area contributed by atoms with Crippen LogP contribution in [-0.4, -0.2) is 33.8 Å². The highest BCUT2D eigenvalue weighted by atomic mass is 15.3. The Morgan fingerprint density at radius 2 is 2.00 bits per heavy atom. The van der Waals surface area contributed by atoms with Crippen LogP contribution in [0.3, 0.4) is 0 Å². The van der Waals surface area contributed by atoms with Gasteiger partial charge in [0, 0.05) is 36.8 Å². The standard InChI is InChI=1S/C17H32N4/c1-6-21(13-9-7-8-10-13)15(11-18)14-12-20(5)19-16(14)17(2,3)4/h12-13,15H,6-11,18H2,1-5H3. The molecule has 0 aromatic carbocycles. The summed E-state index contributed by atoms with van der Waals surface area (Å²) >= 11 is 0. The zero-order chi connectivity index (χ0) is 15.6. The number of hydrogen-bond donors (Lipinski definition) is 1. The van der Waals surface area contributed by atoms with E-state index in [0.717, 1.165) is 6.54 Å². The number of aryl methyl sites for hydroxylation is 1. The first-order valence-corrected chi connectivity index (χ1v) is 8.38. The largest absolute Gasteiger partial charge is 0.329 e. The lowest BCUT2D eigenvalue weighted by Gasteiger charge is -2.36. The van der Waals surface area contributed by atoms with Crippen LogP contribution in [0.2, 0.25) is 0 Å². The van der Waals surface area contributed by atoms with Crippen LogP contribution in [0.5, 0.6) is 0 Å². The molecule has 1 aliphatic carbocycles. The summed E-state index contributed by atoms with van der Waals surface area (Å²) in [4.78, 5) is 2.61. The van der Waals surface area contributed by atoms with Crippen LogP contribution in [0.25, 0.3) is 0 Å². The zero-order valence-corrected chi connectivity index (χ0v) is 14.4. The van der Waals surface area contributed by atoms with Crippen molar-refractivity contribution in [3.63, 3.8) is 0 Å². The third-order valence-corrected chi connectivity index (χ3v) is 4.71. The molecule has 1 unspecified atom stereocenters. The minimum atomic E-state index is 0.0547. The van der Waals surface area contributed by atoms with Crippen LogP contribution in [-0.2, 0) is 12.5 Å². The van der Waals surface area contributed by atoms with Gasteiger partial charge in [0.2, 0.25) is 0 Å². The molecule has 2 rings (SSSR count). The third kappa shape index (κ3) is 3.49. The molecule has 0 aliphatic heterocycles. The molecular weight excluding hydrogens is 260 g/mol. The van der Waals surface area contributed by atoms with E-state index in [2.05, 4.69) is 38.8 Å². The van der Waals surface area contributed by atoms with Crippen LogP contribution in [0.1, 0.15) is 70.7 Å². The molecule has 4 heteroatoms. The van der Waals surface area contributed by atoms with E-state index in [4.69, 9.17) is 10.8 Å². The predicted octanol–water partition coefficient (Wildman–Crippen LogP) is 2.98. The summed E-state index contributed by atoms with van der Waals surface area (Å²) in [6.45, 7) is 10.7. The molecule has 1 atom stereocenters. The molecule has 1 aromatic rings. The van der Waals surface area contributed by atoms with Gasteiger partial charge in [0.1, 0.15) is 0 Å². The Balaban J connectivity index is 2.36. The molecule has 0 radical (unpaired) electrons. The molecule has 120 valence electrons. The summed E-state index contributed by atoms with van der Waals surface area (Å²) in [6, 6.07) is 0.984. The van der Waals surface area contributed by atoms with Gasteiger partial charge in [0.25, 0.3) is 0 Å². The van der Waals surface area contributed by atoms with Gasteiger partial charge in [-0.2, -0.15) is 5.10 Å². The maximum atomic E-state index is 6.19. The van der Waals surface area contributed by atoms with Crippen LogP contribution in [0.4, 0.5) is 0 Å². The van der Waals surface area contributed by atoms with Crippen LogP contribution >= 0.6 is 0 Å². The topological polar surface area (TPSA) is 47.1 Å². The van der Waals surface area contributed by atoms with E-state index in [9.17, 15) is 0 Å². The van der Waals surface area contributed by atoms with Crippen molar-refractivity contribution in [1.82, 2.24) is 14.7 Å². The lowest BCUT2D eigenvalue weighted by molar-refractivity contribution is 0.146. The molecule has 0 spiro atoms.